The Labute approximate surface area is 115 Å². The van der Waals surface area contributed by atoms with E-state index in [0.717, 1.165) is 13.0 Å². The van der Waals surface area contributed by atoms with E-state index < -0.39 is 0 Å². The van der Waals surface area contributed by atoms with Crippen LogP contribution < -0.4 is 10.1 Å². The van der Waals surface area contributed by atoms with Gasteiger partial charge in [-0.1, -0.05) is 17.7 Å². The Balaban J connectivity index is 1.78. The molecule has 2 heterocycles. The molecule has 2 aromatic rings. The zero-order valence-corrected chi connectivity index (χ0v) is 10.9. The van der Waals surface area contributed by atoms with Gasteiger partial charge in [-0.25, -0.2) is 4.68 Å². The molecule has 0 spiro atoms. The quantitative estimate of drug-likeness (QED) is 0.918. The molecule has 1 amide bonds. The summed E-state index contributed by atoms with van der Waals surface area (Å²) in [5, 5.41) is 7.54. The lowest BCUT2D eigenvalue weighted by Gasteiger charge is -2.13. The summed E-state index contributed by atoms with van der Waals surface area (Å²) in [5.41, 5.74) is 0.987. The summed E-state index contributed by atoms with van der Waals surface area (Å²) in [6, 6.07) is 8.64. The molecule has 98 valence electrons. The SMILES string of the molecule is O=C(Nc1cccc(Cl)c1)c1cc2n(n1)CCCO2. The van der Waals surface area contributed by atoms with Gasteiger partial charge in [0.05, 0.1) is 6.61 Å². The lowest BCUT2D eigenvalue weighted by Crippen LogP contribution is -2.16. The van der Waals surface area contributed by atoms with Crippen LogP contribution in [-0.4, -0.2) is 22.3 Å². The molecule has 0 radical (unpaired) electrons. The Hall–Kier alpha value is -2.01. The minimum atomic E-state index is -0.271. The maximum absolute atomic E-state index is 12.1. The summed E-state index contributed by atoms with van der Waals surface area (Å²) in [5.74, 6) is 0.371. The van der Waals surface area contributed by atoms with Crippen molar-refractivity contribution in [2.24, 2.45) is 0 Å². The van der Waals surface area contributed by atoms with Crippen molar-refractivity contribution < 1.29 is 9.53 Å². The Morgan fingerprint density at radius 3 is 3.11 bits per heavy atom. The highest BCUT2D eigenvalue weighted by molar-refractivity contribution is 6.30. The van der Waals surface area contributed by atoms with Gasteiger partial charge in [0.2, 0.25) is 5.88 Å². The molecular formula is C13H12ClN3O2. The first-order valence-electron chi connectivity index (χ1n) is 6.00. The molecule has 0 bridgehead atoms. The molecule has 1 N–H and O–H groups in total. The van der Waals surface area contributed by atoms with Gasteiger partial charge in [0, 0.05) is 29.7 Å². The van der Waals surface area contributed by atoms with Crippen LogP contribution in [0.25, 0.3) is 0 Å². The molecular weight excluding hydrogens is 266 g/mol. The number of nitrogens with zero attached hydrogens (tertiary/aromatic N) is 2. The highest BCUT2D eigenvalue weighted by atomic mass is 35.5. The molecule has 6 heteroatoms. The third kappa shape index (κ3) is 2.56. The largest absolute Gasteiger partial charge is 0.478 e. The number of amides is 1. The molecule has 3 rings (SSSR count). The van der Waals surface area contributed by atoms with E-state index in [1.165, 1.54) is 0 Å². The Kier molecular flexibility index (Phi) is 3.13. The zero-order chi connectivity index (χ0) is 13.2. The molecule has 0 saturated heterocycles. The number of anilines is 1. The third-order valence-electron chi connectivity index (χ3n) is 2.82. The monoisotopic (exact) mass is 277 g/mol. The average molecular weight is 278 g/mol. The van der Waals surface area contributed by atoms with Crippen LogP contribution in [0.4, 0.5) is 5.69 Å². The van der Waals surface area contributed by atoms with E-state index in [-0.39, 0.29) is 5.91 Å². The normalized spacial score (nSPS) is 13.5. The fourth-order valence-electron chi connectivity index (χ4n) is 1.94. The van der Waals surface area contributed by atoms with Crippen molar-refractivity contribution in [3.63, 3.8) is 0 Å². The van der Waals surface area contributed by atoms with Crippen LogP contribution in [-0.2, 0) is 6.54 Å². The van der Waals surface area contributed by atoms with Crippen LogP contribution >= 0.6 is 11.6 Å². The van der Waals surface area contributed by atoms with Crippen molar-refractivity contribution in [2.75, 3.05) is 11.9 Å². The number of rotatable bonds is 2. The number of hydrogen-bond acceptors (Lipinski definition) is 3. The fourth-order valence-corrected chi connectivity index (χ4v) is 2.13. The number of hydrogen-bond donors (Lipinski definition) is 1. The summed E-state index contributed by atoms with van der Waals surface area (Å²) in [7, 11) is 0. The molecule has 1 aromatic heterocycles. The predicted molar refractivity (Wildman–Crippen MR) is 71.7 cm³/mol. The van der Waals surface area contributed by atoms with Gasteiger partial charge >= 0.3 is 0 Å². The highest BCUT2D eigenvalue weighted by Crippen LogP contribution is 2.20. The minimum absolute atomic E-state index is 0.271. The van der Waals surface area contributed by atoms with Crippen LogP contribution in [0.2, 0.25) is 5.02 Å². The number of halogens is 1. The first kappa shape index (κ1) is 12.0. The topological polar surface area (TPSA) is 56.2 Å². The lowest BCUT2D eigenvalue weighted by molar-refractivity contribution is 0.102. The van der Waals surface area contributed by atoms with Crippen molar-refractivity contribution in [1.29, 1.82) is 0 Å². The summed E-state index contributed by atoms with van der Waals surface area (Å²) < 4.78 is 7.13. The summed E-state index contributed by atoms with van der Waals surface area (Å²) >= 11 is 5.87. The minimum Gasteiger partial charge on any atom is -0.478 e. The van der Waals surface area contributed by atoms with Gasteiger partial charge in [-0.05, 0) is 18.2 Å². The number of ether oxygens (including phenoxy) is 1. The Bertz CT molecular complexity index is 601. The van der Waals surface area contributed by atoms with Gasteiger partial charge in [0.1, 0.15) is 0 Å². The van der Waals surface area contributed by atoms with Gasteiger partial charge < -0.3 is 10.1 Å². The number of fused-ring (bicyclic) bond motifs is 1. The summed E-state index contributed by atoms with van der Waals surface area (Å²) in [4.78, 5) is 12.1. The van der Waals surface area contributed by atoms with Gasteiger partial charge in [-0.2, -0.15) is 5.10 Å². The van der Waals surface area contributed by atoms with Crippen molar-refractivity contribution in [3.05, 3.63) is 41.0 Å². The van der Waals surface area contributed by atoms with Crippen molar-refractivity contribution in [1.82, 2.24) is 9.78 Å². The second-order valence-corrected chi connectivity index (χ2v) is 4.69. The van der Waals surface area contributed by atoms with Crippen molar-refractivity contribution >= 4 is 23.2 Å². The van der Waals surface area contributed by atoms with Crippen LogP contribution in [0, 0.1) is 0 Å². The Morgan fingerprint density at radius 2 is 2.32 bits per heavy atom. The maximum atomic E-state index is 12.1. The number of carbonyl (C=O) groups is 1. The van der Waals surface area contributed by atoms with Crippen LogP contribution in [0.3, 0.4) is 0 Å². The first-order valence-corrected chi connectivity index (χ1v) is 6.38. The molecule has 1 aliphatic rings. The van der Waals surface area contributed by atoms with E-state index in [2.05, 4.69) is 10.4 Å². The average Bonchev–Trinajstić information content (AvgIpc) is 2.82. The second-order valence-electron chi connectivity index (χ2n) is 4.26. The highest BCUT2D eigenvalue weighted by Gasteiger charge is 2.17. The third-order valence-corrected chi connectivity index (χ3v) is 3.06. The smallest absolute Gasteiger partial charge is 0.276 e. The van der Waals surface area contributed by atoms with E-state index in [1.54, 1.807) is 35.0 Å². The van der Waals surface area contributed by atoms with Crippen LogP contribution in [0.15, 0.2) is 30.3 Å². The van der Waals surface area contributed by atoms with Gasteiger partial charge in [-0.3, -0.25) is 4.79 Å². The molecule has 19 heavy (non-hydrogen) atoms. The van der Waals surface area contributed by atoms with Crippen LogP contribution in [0.1, 0.15) is 16.9 Å². The van der Waals surface area contributed by atoms with E-state index in [1.807, 2.05) is 0 Å². The van der Waals surface area contributed by atoms with E-state index >= 15 is 0 Å². The van der Waals surface area contributed by atoms with Gasteiger partial charge in [0.15, 0.2) is 5.69 Å². The van der Waals surface area contributed by atoms with E-state index in [9.17, 15) is 4.79 Å². The standard InChI is InChI=1S/C13H12ClN3O2/c14-9-3-1-4-10(7-9)15-13(18)11-8-12-17(16-11)5-2-6-19-12/h1,3-4,7-8H,2,5-6H2,(H,15,18). The van der Waals surface area contributed by atoms with Crippen molar-refractivity contribution in [2.45, 2.75) is 13.0 Å². The molecule has 1 aliphatic heterocycles. The number of aromatic nitrogens is 2. The molecule has 0 unspecified atom stereocenters. The Morgan fingerprint density at radius 1 is 1.42 bits per heavy atom. The fraction of sp³-hybridized carbons (Fsp3) is 0.231. The molecule has 0 atom stereocenters. The van der Waals surface area contributed by atoms with Gasteiger partial charge in [0.25, 0.3) is 5.91 Å². The number of benzene rings is 1. The number of nitrogens with one attached hydrogen (secondary N) is 1. The van der Waals surface area contributed by atoms with Gasteiger partial charge in [-0.15, -0.1) is 0 Å². The van der Waals surface area contributed by atoms with Crippen molar-refractivity contribution in [3.8, 4) is 5.88 Å². The summed E-state index contributed by atoms with van der Waals surface area (Å²) in [6.45, 7) is 1.45. The maximum Gasteiger partial charge on any atom is 0.276 e. The molecule has 5 nitrogen and oxygen atoms in total. The molecule has 1 aromatic carbocycles. The zero-order valence-electron chi connectivity index (χ0n) is 10.1. The number of carbonyl (C=O) groups excluding carboxylic acids is 1. The van der Waals surface area contributed by atoms with Crippen LogP contribution in [0.5, 0.6) is 5.88 Å². The predicted octanol–water partition coefficient (Wildman–Crippen LogP) is 2.57. The molecule has 0 saturated carbocycles. The number of aryl methyl sites for hydroxylation is 1. The lowest BCUT2D eigenvalue weighted by atomic mass is 10.3. The molecule has 0 aliphatic carbocycles. The first-order chi connectivity index (χ1) is 9.22. The second kappa shape index (κ2) is 4.93. The summed E-state index contributed by atoms with van der Waals surface area (Å²) in [6.07, 6.45) is 0.907. The van der Waals surface area contributed by atoms with E-state index in [4.69, 9.17) is 16.3 Å². The molecule has 0 fully saturated rings. The van der Waals surface area contributed by atoms with E-state index in [0.29, 0.717) is 28.9 Å².